The molecule has 0 spiro atoms. The number of amides is 1. The maximum atomic E-state index is 11.8. The summed E-state index contributed by atoms with van der Waals surface area (Å²) < 4.78 is 15.7. The number of allylic oxidation sites excluding steroid dienone is 1. The number of hydrogen-bond donors (Lipinski definition) is 1. The number of carbonyl (C=O) groups is 1. The lowest BCUT2D eigenvalue weighted by molar-refractivity contribution is -0.0396. The molecule has 1 rings (SSSR count). The molecule has 0 bridgehead atoms. The zero-order chi connectivity index (χ0) is 16.8. The van der Waals surface area contributed by atoms with Crippen LogP contribution in [0.15, 0.2) is 22.8 Å². The molecule has 0 aromatic carbocycles. The zero-order valence-electron chi connectivity index (χ0n) is 14.6. The molecule has 5 heteroatoms. The Kier molecular flexibility index (Phi) is 7.10. The van der Waals surface area contributed by atoms with Crippen LogP contribution in [0.5, 0.6) is 0 Å². The van der Waals surface area contributed by atoms with E-state index in [-0.39, 0.29) is 0 Å². The number of hydrogen-bond acceptors (Lipinski definition) is 4. The molecule has 0 radical (unpaired) electrons. The first kappa shape index (κ1) is 18.7. The third-order valence-corrected chi connectivity index (χ3v) is 3.60. The fourth-order valence-electron chi connectivity index (χ4n) is 2.40. The molecule has 0 aromatic heterocycles. The van der Waals surface area contributed by atoms with E-state index in [1.165, 1.54) is 11.1 Å². The molecule has 0 aliphatic heterocycles. The van der Waals surface area contributed by atoms with Crippen LogP contribution >= 0.6 is 0 Å². The quantitative estimate of drug-likeness (QED) is 0.603. The van der Waals surface area contributed by atoms with Crippen molar-refractivity contribution in [3.63, 3.8) is 0 Å². The predicted molar refractivity (Wildman–Crippen MR) is 86.6 cm³/mol. The van der Waals surface area contributed by atoms with E-state index >= 15 is 0 Å². The number of nitrogens with one attached hydrogen (secondary N) is 1. The molecule has 0 saturated heterocycles. The molecule has 0 saturated carbocycles. The largest absolute Gasteiger partial charge is 0.444 e. The Bertz CT molecular complexity index is 446. The van der Waals surface area contributed by atoms with Gasteiger partial charge in [0.1, 0.15) is 12.4 Å². The summed E-state index contributed by atoms with van der Waals surface area (Å²) in [6, 6.07) is 0. The van der Waals surface area contributed by atoms with Crippen molar-refractivity contribution in [3.8, 4) is 0 Å². The zero-order valence-corrected chi connectivity index (χ0v) is 14.6. The van der Waals surface area contributed by atoms with Gasteiger partial charge in [0.2, 0.25) is 0 Å². The minimum atomic E-state index is -0.485. The first-order valence-electron chi connectivity index (χ1n) is 7.65. The molecule has 1 aliphatic rings. The molecular weight excluding hydrogens is 282 g/mol. The van der Waals surface area contributed by atoms with E-state index in [9.17, 15) is 4.79 Å². The topological polar surface area (TPSA) is 56.8 Å². The van der Waals surface area contributed by atoms with Gasteiger partial charge in [-0.25, -0.2) is 4.79 Å². The first-order valence-corrected chi connectivity index (χ1v) is 7.65. The van der Waals surface area contributed by atoms with Crippen molar-refractivity contribution in [2.75, 3.05) is 27.1 Å². The van der Waals surface area contributed by atoms with Crippen LogP contribution in [0.25, 0.3) is 0 Å². The van der Waals surface area contributed by atoms with Gasteiger partial charge in [0.15, 0.2) is 0 Å². The van der Waals surface area contributed by atoms with Crippen molar-refractivity contribution in [3.05, 3.63) is 22.8 Å². The minimum Gasteiger partial charge on any atom is -0.444 e. The molecule has 0 fully saturated rings. The minimum absolute atomic E-state index is 0.304. The molecule has 0 heterocycles. The van der Waals surface area contributed by atoms with Crippen LogP contribution in [0.3, 0.4) is 0 Å². The molecule has 5 nitrogen and oxygen atoms in total. The van der Waals surface area contributed by atoms with Gasteiger partial charge in [0.05, 0.1) is 6.61 Å². The van der Waals surface area contributed by atoms with E-state index in [4.69, 9.17) is 14.2 Å². The summed E-state index contributed by atoms with van der Waals surface area (Å²) in [6.45, 7) is 11.1. The number of rotatable bonds is 6. The number of alkyl carbamates (subject to hydrolysis) is 1. The van der Waals surface area contributed by atoms with Gasteiger partial charge in [-0.3, -0.25) is 0 Å². The summed E-state index contributed by atoms with van der Waals surface area (Å²) in [7, 11) is 1.61. The van der Waals surface area contributed by atoms with Crippen molar-refractivity contribution in [2.45, 2.75) is 46.6 Å². The Hall–Kier alpha value is -1.33. The summed E-state index contributed by atoms with van der Waals surface area (Å²) in [4.78, 5) is 11.8. The molecular formula is C17H29NO4. The van der Waals surface area contributed by atoms with Gasteiger partial charge in [-0.1, -0.05) is 17.2 Å². The van der Waals surface area contributed by atoms with Crippen LogP contribution in [-0.2, 0) is 14.2 Å². The highest BCUT2D eigenvalue weighted by molar-refractivity contribution is 5.68. The fraction of sp³-hybridized carbons (Fsp3) is 0.706. The van der Waals surface area contributed by atoms with E-state index in [0.717, 1.165) is 12.0 Å². The summed E-state index contributed by atoms with van der Waals surface area (Å²) in [5.41, 5.74) is 3.13. The standard InChI is InChI=1S/C17H29NO4/c1-12-7-8-14(10-21-11-20-6)13(2)15(12)9-18-16(19)22-17(3,4)5/h7,14H,8-11H2,1-6H3,(H,18,19)/t14-/m0/s1. The second kappa shape index (κ2) is 8.34. The number of carbonyl (C=O) groups excluding carboxylic acids is 1. The molecule has 1 amide bonds. The smallest absolute Gasteiger partial charge is 0.407 e. The Labute approximate surface area is 133 Å². The van der Waals surface area contributed by atoms with Crippen molar-refractivity contribution >= 4 is 6.09 Å². The highest BCUT2D eigenvalue weighted by Gasteiger charge is 2.21. The predicted octanol–water partition coefficient (Wildman–Crippen LogP) is 3.41. The molecule has 0 aromatic rings. The summed E-state index contributed by atoms with van der Waals surface area (Å²) in [6.07, 6.45) is 2.76. The molecule has 22 heavy (non-hydrogen) atoms. The van der Waals surface area contributed by atoms with Crippen molar-refractivity contribution in [1.29, 1.82) is 0 Å². The third-order valence-electron chi connectivity index (χ3n) is 3.60. The molecule has 1 N–H and O–H groups in total. The van der Waals surface area contributed by atoms with Gasteiger partial charge < -0.3 is 19.5 Å². The van der Waals surface area contributed by atoms with E-state index in [0.29, 0.717) is 25.9 Å². The summed E-state index contributed by atoms with van der Waals surface area (Å²) in [5, 5.41) is 2.83. The molecule has 1 aliphatic carbocycles. The van der Waals surface area contributed by atoms with Crippen LogP contribution in [-0.4, -0.2) is 38.7 Å². The Morgan fingerprint density at radius 1 is 1.36 bits per heavy atom. The van der Waals surface area contributed by atoms with Crippen molar-refractivity contribution in [1.82, 2.24) is 5.32 Å². The van der Waals surface area contributed by atoms with E-state index in [2.05, 4.69) is 25.2 Å². The van der Waals surface area contributed by atoms with Crippen LogP contribution in [0.1, 0.15) is 41.0 Å². The normalized spacial score (nSPS) is 19.0. The molecule has 126 valence electrons. The number of ether oxygens (including phenoxy) is 3. The third kappa shape index (κ3) is 6.20. The van der Waals surface area contributed by atoms with E-state index in [1.54, 1.807) is 7.11 Å². The first-order chi connectivity index (χ1) is 10.2. The van der Waals surface area contributed by atoms with Gasteiger partial charge >= 0.3 is 6.09 Å². The Morgan fingerprint density at radius 2 is 2.05 bits per heavy atom. The second-order valence-electron chi connectivity index (χ2n) is 6.61. The lowest BCUT2D eigenvalue weighted by Crippen LogP contribution is -2.34. The lowest BCUT2D eigenvalue weighted by atomic mass is 9.84. The van der Waals surface area contributed by atoms with Gasteiger partial charge in [-0.2, -0.15) is 0 Å². The molecule has 1 atom stereocenters. The second-order valence-corrected chi connectivity index (χ2v) is 6.61. The van der Waals surface area contributed by atoms with E-state index < -0.39 is 11.7 Å². The van der Waals surface area contributed by atoms with E-state index in [1.807, 2.05) is 20.8 Å². The molecule has 0 unspecified atom stereocenters. The summed E-state index contributed by atoms with van der Waals surface area (Å²) in [5.74, 6) is 0.328. The van der Waals surface area contributed by atoms with Crippen LogP contribution in [0.2, 0.25) is 0 Å². The van der Waals surface area contributed by atoms with Crippen molar-refractivity contribution < 1.29 is 19.0 Å². The average molecular weight is 311 g/mol. The maximum Gasteiger partial charge on any atom is 0.407 e. The van der Waals surface area contributed by atoms with Gasteiger partial charge in [0.25, 0.3) is 0 Å². The van der Waals surface area contributed by atoms with Gasteiger partial charge in [0, 0.05) is 19.6 Å². The fourth-order valence-corrected chi connectivity index (χ4v) is 2.40. The van der Waals surface area contributed by atoms with Crippen molar-refractivity contribution in [2.24, 2.45) is 5.92 Å². The van der Waals surface area contributed by atoms with Crippen LogP contribution in [0, 0.1) is 5.92 Å². The van der Waals surface area contributed by atoms with Crippen LogP contribution in [0.4, 0.5) is 4.79 Å². The SMILES string of the molecule is COCOC[C@@H]1CC=C(C)C(CNC(=O)OC(C)(C)C)=C1C. The Morgan fingerprint density at radius 3 is 2.64 bits per heavy atom. The maximum absolute atomic E-state index is 11.8. The van der Waals surface area contributed by atoms with Crippen LogP contribution < -0.4 is 5.32 Å². The summed E-state index contributed by atoms with van der Waals surface area (Å²) >= 11 is 0. The lowest BCUT2D eigenvalue weighted by Gasteiger charge is -2.26. The highest BCUT2D eigenvalue weighted by atomic mass is 16.7. The van der Waals surface area contributed by atoms with Gasteiger partial charge in [-0.15, -0.1) is 0 Å². The monoisotopic (exact) mass is 311 g/mol. The average Bonchev–Trinajstić information content (AvgIpc) is 2.39. The number of methoxy groups -OCH3 is 1. The highest BCUT2D eigenvalue weighted by Crippen LogP contribution is 2.29. The van der Waals surface area contributed by atoms with Gasteiger partial charge in [-0.05, 0) is 46.6 Å². The Balaban J connectivity index is 2.62.